The van der Waals surface area contributed by atoms with Crippen LogP contribution in [0.5, 0.6) is 0 Å². The van der Waals surface area contributed by atoms with Crippen molar-refractivity contribution in [2.75, 3.05) is 6.61 Å². The number of benzene rings is 2. The third kappa shape index (κ3) is 4.77. The molecule has 1 aromatic heterocycles. The minimum Gasteiger partial charge on any atom is -0.461 e. The standard InChI is InChI=1S/C25H24F2N4O4/c1-3-35-23(33)20-12-21-22(32)30(14-17-6-4-5-7-19(17)27)25(2,15-31(21)29-20)24(34)28-13-16-8-10-18(26)11-9-16/h4-12H,3,13-15H2,1-2H3,(H,28,34)/t25-/m1/s1. The van der Waals surface area contributed by atoms with E-state index in [-0.39, 0.29) is 43.2 Å². The van der Waals surface area contributed by atoms with Crippen LogP contribution < -0.4 is 5.32 Å². The molecule has 8 nitrogen and oxygen atoms in total. The Morgan fingerprint density at radius 2 is 1.86 bits per heavy atom. The summed E-state index contributed by atoms with van der Waals surface area (Å²) in [6.07, 6.45) is 0. The van der Waals surface area contributed by atoms with Gasteiger partial charge in [0.15, 0.2) is 5.69 Å². The van der Waals surface area contributed by atoms with Gasteiger partial charge < -0.3 is 15.0 Å². The maximum Gasteiger partial charge on any atom is 0.358 e. The van der Waals surface area contributed by atoms with Crippen LogP contribution in [0.15, 0.2) is 54.6 Å². The number of nitrogens with zero attached hydrogens (tertiary/aromatic N) is 3. The molecule has 10 heteroatoms. The topological polar surface area (TPSA) is 93.5 Å². The Kier molecular flexibility index (Phi) is 6.63. The fraction of sp³-hybridized carbons (Fsp3) is 0.280. The molecule has 0 saturated heterocycles. The molecule has 2 amide bonds. The highest BCUT2D eigenvalue weighted by molar-refractivity contribution is 6.01. The first-order chi connectivity index (χ1) is 16.7. The van der Waals surface area contributed by atoms with Crippen LogP contribution in [0, 0.1) is 11.6 Å². The van der Waals surface area contributed by atoms with Gasteiger partial charge in [-0.3, -0.25) is 14.3 Å². The average Bonchev–Trinajstić information content (AvgIpc) is 3.26. The number of ether oxygens (including phenoxy) is 1. The SMILES string of the molecule is CCOC(=O)c1cc2n(n1)C[C@](C)(C(=O)NCc1ccc(F)cc1)N(Cc1ccccc1F)C2=O. The van der Waals surface area contributed by atoms with Gasteiger partial charge in [-0.05, 0) is 37.6 Å². The van der Waals surface area contributed by atoms with Crippen molar-refractivity contribution < 1.29 is 27.9 Å². The number of esters is 1. The zero-order valence-electron chi connectivity index (χ0n) is 19.3. The van der Waals surface area contributed by atoms with Crippen molar-refractivity contribution in [1.82, 2.24) is 20.0 Å². The van der Waals surface area contributed by atoms with Gasteiger partial charge in [0.1, 0.15) is 22.9 Å². The lowest BCUT2D eigenvalue weighted by Crippen LogP contribution is -2.63. The lowest BCUT2D eigenvalue weighted by molar-refractivity contribution is -0.133. The minimum absolute atomic E-state index is 0.0583. The van der Waals surface area contributed by atoms with E-state index in [0.29, 0.717) is 5.56 Å². The van der Waals surface area contributed by atoms with Crippen LogP contribution in [-0.4, -0.2) is 44.6 Å². The molecule has 0 spiro atoms. The van der Waals surface area contributed by atoms with Crippen LogP contribution in [0.2, 0.25) is 0 Å². The van der Waals surface area contributed by atoms with E-state index in [0.717, 1.165) is 0 Å². The molecule has 3 aromatic rings. The fourth-order valence-corrected chi connectivity index (χ4v) is 3.97. The van der Waals surface area contributed by atoms with Gasteiger partial charge in [-0.1, -0.05) is 30.3 Å². The lowest BCUT2D eigenvalue weighted by atomic mass is 9.94. The molecule has 1 aliphatic heterocycles. The molecule has 1 aliphatic rings. The maximum atomic E-state index is 14.5. The highest BCUT2D eigenvalue weighted by Crippen LogP contribution is 2.30. The monoisotopic (exact) mass is 482 g/mol. The van der Waals surface area contributed by atoms with Gasteiger partial charge in [-0.25, -0.2) is 13.6 Å². The summed E-state index contributed by atoms with van der Waals surface area (Å²) >= 11 is 0. The van der Waals surface area contributed by atoms with E-state index in [2.05, 4.69) is 10.4 Å². The summed E-state index contributed by atoms with van der Waals surface area (Å²) in [5.41, 5.74) is -0.539. The number of carbonyl (C=O) groups excluding carboxylic acids is 3. The van der Waals surface area contributed by atoms with Crippen molar-refractivity contribution >= 4 is 17.8 Å². The van der Waals surface area contributed by atoms with Gasteiger partial charge in [0.2, 0.25) is 5.91 Å². The largest absolute Gasteiger partial charge is 0.461 e. The molecule has 1 atom stereocenters. The second-order valence-electron chi connectivity index (χ2n) is 8.36. The number of hydrogen-bond donors (Lipinski definition) is 1. The quantitative estimate of drug-likeness (QED) is 0.523. The molecule has 0 aliphatic carbocycles. The molecule has 0 unspecified atom stereocenters. The summed E-state index contributed by atoms with van der Waals surface area (Å²) in [6, 6.07) is 12.9. The third-order valence-corrected chi connectivity index (χ3v) is 5.92. The van der Waals surface area contributed by atoms with Gasteiger partial charge in [-0.15, -0.1) is 0 Å². The number of carbonyl (C=O) groups is 3. The van der Waals surface area contributed by atoms with E-state index in [9.17, 15) is 23.2 Å². The molecule has 0 saturated carbocycles. The number of nitrogens with one attached hydrogen (secondary N) is 1. The van der Waals surface area contributed by atoms with Crippen molar-refractivity contribution in [3.8, 4) is 0 Å². The van der Waals surface area contributed by atoms with Gasteiger partial charge in [0.25, 0.3) is 5.91 Å². The fourth-order valence-electron chi connectivity index (χ4n) is 3.97. The van der Waals surface area contributed by atoms with Crippen molar-refractivity contribution in [3.05, 3.63) is 88.7 Å². The molecule has 2 heterocycles. The number of halogens is 2. The van der Waals surface area contributed by atoms with Crippen molar-refractivity contribution in [1.29, 1.82) is 0 Å². The molecule has 1 N–H and O–H groups in total. The molecule has 0 radical (unpaired) electrons. The Bertz CT molecular complexity index is 1270. The molecular formula is C25H24F2N4O4. The highest BCUT2D eigenvalue weighted by Gasteiger charge is 2.48. The third-order valence-electron chi connectivity index (χ3n) is 5.92. The van der Waals surface area contributed by atoms with Crippen molar-refractivity contribution in [2.24, 2.45) is 0 Å². The number of hydrogen-bond acceptors (Lipinski definition) is 5. The van der Waals surface area contributed by atoms with E-state index in [1.165, 1.54) is 58.1 Å². The molecular weight excluding hydrogens is 458 g/mol. The Labute approximate surface area is 200 Å². The van der Waals surface area contributed by atoms with Gasteiger partial charge >= 0.3 is 5.97 Å². The molecule has 182 valence electrons. The first-order valence-corrected chi connectivity index (χ1v) is 11.1. The predicted molar refractivity (Wildman–Crippen MR) is 121 cm³/mol. The van der Waals surface area contributed by atoms with E-state index in [1.807, 2.05) is 0 Å². The van der Waals surface area contributed by atoms with Crippen molar-refractivity contribution in [3.63, 3.8) is 0 Å². The number of amides is 2. The average molecular weight is 482 g/mol. The Morgan fingerprint density at radius 1 is 1.14 bits per heavy atom. The zero-order valence-corrected chi connectivity index (χ0v) is 19.3. The predicted octanol–water partition coefficient (Wildman–Crippen LogP) is 3.07. The van der Waals surface area contributed by atoms with E-state index >= 15 is 0 Å². The summed E-state index contributed by atoms with van der Waals surface area (Å²) in [7, 11) is 0. The first kappa shape index (κ1) is 24.1. The smallest absolute Gasteiger partial charge is 0.358 e. The number of aromatic nitrogens is 2. The zero-order chi connectivity index (χ0) is 25.2. The van der Waals surface area contributed by atoms with E-state index in [4.69, 9.17) is 4.74 Å². The summed E-state index contributed by atoms with van der Waals surface area (Å²) < 4.78 is 34.0. The molecule has 35 heavy (non-hydrogen) atoms. The maximum absolute atomic E-state index is 14.5. The molecule has 4 rings (SSSR count). The number of fused-ring (bicyclic) bond motifs is 1. The second-order valence-corrected chi connectivity index (χ2v) is 8.36. The number of rotatable bonds is 7. The van der Waals surface area contributed by atoms with Crippen LogP contribution in [0.3, 0.4) is 0 Å². The Hall–Kier alpha value is -4.08. The molecule has 0 bridgehead atoms. The first-order valence-electron chi connectivity index (χ1n) is 11.1. The Balaban J connectivity index is 1.67. The Morgan fingerprint density at radius 3 is 2.54 bits per heavy atom. The van der Waals surface area contributed by atoms with Gasteiger partial charge in [-0.2, -0.15) is 5.10 Å². The highest BCUT2D eigenvalue weighted by atomic mass is 19.1. The van der Waals surface area contributed by atoms with Crippen LogP contribution in [0.4, 0.5) is 8.78 Å². The van der Waals surface area contributed by atoms with E-state index in [1.54, 1.807) is 19.9 Å². The van der Waals surface area contributed by atoms with Crippen LogP contribution in [-0.2, 0) is 29.2 Å². The van der Waals surface area contributed by atoms with E-state index < -0.39 is 35.0 Å². The van der Waals surface area contributed by atoms with Crippen molar-refractivity contribution in [2.45, 2.75) is 39.0 Å². The second kappa shape index (κ2) is 9.65. The summed E-state index contributed by atoms with van der Waals surface area (Å²) in [5, 5.41) is 6.96. The summed E-state index contributed by atoms with van der Waals surface area (Å²) in [5.74, 6) is -2.69. The minimum atomic E-state index is -1.47. The summed E-state index contributed by atoms with van der Waals surface area (Å²) in [6.45, 7) is 3.19. The van der Waals surface area contributed by atoms with Crippen LogP contribution in [0.25, 0.3) is 0 Å². The summed E-state index contributed by atoms with van der Waals surface area (Å²) in [4.78, 5) is 40.4. The van der Waals surface area contributed by atoms with Gasteiger partial charge in [0.05, 0.1) is 19.7 Å². The normalized spacial score (nSPS) is 17.1. The molecule has 2 aromatic carbocycles. The van der Waals surface area contributed by atoms with Crippen LogP contribution >= 0.6 is 0 Å². The van der Waals surface area contributed by atoms with Crippen LogP contribution in [0.1, 0.15) is 46.0 Å². The lowest BCUT2D eigenvalue weighted by Gasteiger charge is -2.43. The molecule has 0 fully saturated rings. The van der Waals surface area contributed by atoms with Gasteiger partial charge in [0, 0.05) is 18.2 Å².